The summed E-state index contributed by atoms with van der Waals surface area (Å²) in [5.41, 5.74) is 2.15. The van der Waals surface area contributed by atoms with Crippen molar-refractivity contribution in [3.8, 4) is 0 Å². The average molecular weight is 315 g/mol. The molecule has 0 saturated heterocycles. The fourth-order valence-electron chi connectivity index (χ4n) is 3.34. The van der Waals surface area contributed by atoms with Crippen LogP contribution in [0.15, 0.2) is 91.0 Å². The average Bonchev–Trinajstić information content (AvgIpc) is 2.65. The van der Waals surface area contributed by atoms with Gasteiger partial charge in [0, 0.05) is 0 Å². The summed E-state index contributed by atoms with van der Waals surface area (Å²) in [6.07, 6.45) is 0. The van der Waals surface area contributed by atoms with E-state index in [1.54, 1.807) is 0 Å². The molecule has 0 aliphatic carbocycles. The number of hydrogen-bond donors (Lipinski definition) is 1. The summed E-state index contributed by atoms with van der Waals surface area (Å²) in [5.74, 6) is 0.133. The van der Waals surface area contributed by atoms with Crippen molar-refractivity contribution in [2.75, 3.05) is 13.6 Å². The van der Waals surface area contributed by atoms with Crippen molar-refractivity contribution in [3.05, 3.63) is 108 Å². The highest BCUT2D eigenvalue weighted by molar-refractivity contribution is 5.99. The highest BCUT2D eigenvalue weighted by Crippen LogP contribution is 2.39. The molecule has 3 aromatic carbocycles. The van der Waals surface area contributed by atoms with Gasteiger partial charge < -0.3 is 5.32 Å². The molecule has 0 heterocycles. The molecule has 2 heteroatoms. The van der Waals surface area contributed by atoms with E-state index in [1.807, 2.05) is 98.0 Å². The first-order chi connectivity index (χ1) is 11.8. The number of likely N-dealkylation sites (N-methyl/N-ethyl adjacent to an activating group) is 1. The molecule has 0 saturated carbocycles. The van der Waals surface area contributed by atoms with Crippen LogP contribution in [0.25, 0.3) is 0 Å². The topological polar surface area (TPSA) is 29.1 Å². The number of hydrogen-bond acceptors (Lipinski definition) is 2. The number of ketones is 1. The van der Waals surface area contributed by atoms with E-state index in [9.17, 15) is 4.79 Å². The summed E-state index contributed by atoms with van der Waals surface area (Å²) in [4.78, 5) is 13.4. The molecule has 3 aromatic rings. The monoisotopic (exact) mass is 315 g/mol. The van der Waals surface area contributed by atoms with Gasteiger partial charge in [-0.1, -0.05) is 91.0 Å². The number of rotatable bonds is 6. The van der Waals surface area contributed by atoms with E-state index in [2.05, 4.69) is 5.32 Å². The second kappa shape index (κ2) is 7.24. The van der Waals surface area contributed by atoms with E-state index in [0.717, 1.165) is 16.7 Å². The van der Waals surface area contributed by atoms with Gasteiger partial charge in [-0.15, -0.1) is 0 Å². The zero-order chi connectivity index (χ0) is 16.8. The van der Waals surface area contributed by atoms with Crippen molar-refractivity contribution in [2.45, 2.75) is 5.41 Å². The fraction of sp³-hybridized carbons (Fsp3) is 0.136. The Hall–Kier alpha value is -2.71. The molecule has 120 valence electrons. The SMILES string of the molecule is CNCC(=O)C(c1ccccc1)(c1ccccc1)c1ccccc1. The third kappa shape index (κ3) is 2.77. The summed E-state index contributed by atoms with van der Waals surface area (Å²) < 4.78 is 0. The molecule has 0 radical (unpaired) electrons. The van der Waals surface area contributed by atoms with Crippen molar-refractivity contribution < 1.29 is 4.79 Å². The molecule has 0 bridgehead atoms. The van der Waals surface area contributed by atoms with Gasteiger partial charge in [-0.2, -0.15) is 0 Å². The van der Waals surface area contributed by atoms with Crippen LogP contribution in [-0.2, 0) is 10.2 Å². The lowest BCUT2D eigenvalue weighted by Crippen LogP contribution is -2.43. The fourth-order valence-corrected chi connectivity index (χ4v) is 3.34. The Bertz CT molecular complexity index is 685. The maximum absolute atomic E-state index is 13.4. The van der Waals surface area contributed by atoms with Crippen molar-refractivity contribution in [1.29, 1.82) is 0 Å². The molecule has 0 aliphatic rings. The maximum atomic E-state index is 13.4. The Morgan fingerprint density at radius 2 is 1.04 bits per heavy atom. The standard InChI is InChI=1S/C22H21NO/c1-23-17-21(24)22(18-11-5-2-6-12-18,19-13-7-3-8-14-19)20-15-9-4-10-16-20/h2-16,23H,17H2,1H3. The third-order valence-electron chi connectivity index (χ3n) is 4.38. The minimum Gasteiger partial charge on any atom is -0.313 e. The summed E-state index contributed by atoms with van der Waals surface area (Å²) in [6.45, 7) is 0.304. The smallest absolute Gasteiger partial charge is 0.165 e. The molecular formula is C22H21NO. The number of carbonyl (C=O) groups excluding carboxylic acids is 1. The Morgan fingerprint density at radius 1 is 0.708 bits per heavy atom. The Morgan fingerprint density at radius 3 is 1.33 bits per heavy atom. The number of benzene rings is 3. The third-order valence-corrected chi connectivity index (χ3v) is 4.38. The predicted molar refractivity (Wildman–Crippen MR) is 98.1 cm³/mol. The zero-order valence-electron chi connectivity index (χ0n) is 13.8. The van der Waals surface area contributed by atoms with Gasteiger partial charge in [0.1, 0.15) is 5.41 Å². The molecule has 0 fully saturated rings. The predicted octanol–water partition coefficient (Wildman–Crippen LogP) is 3.81. The van der Waals surface area contributed by atoms with Crippen molar-refractivity contribution in [3.63, 3.8) is 0 Å². The minimum atomic E-state index is -0.813. The minimum absolute atomic E-state index is 0.133. The van der Waals surface area contributed by atoms with Crippen LogP contribution in [0.3, 0.4) is 0 Å². The first-order valence-electron chi connectivity index (χ1n) is 8.14. The molecule has 0 spiro atoms. The summed E-state index contributed by atoms with van der Waals surface area (Å²) in [6, 6.07) is 30.1. The Kier molecular flexibility index (Phi) is 4.88. The number of carbonyl (C=O) groups is 1. The van der Waals surface area contributed by atoms with E-state index in [1.165, 1.54) is 0 Å². The van der Waals surface area contributed by atoms with Crippen LogP contribution in [0.5, 0.6) is 0 Å². The van der Waals surface area contributed by atoms with Crippen LogP contribution >= 0.6 is 0 Å². The number of nitrogens with one attached hydrogen (secondary N) is 1. The highest BCUT2D eigenvalue weighted by atomic mass is 16.1. The summed E-state index contributed by atoms with van der Waals surface area (Å²) in [5, 5.41) is 3.03. The van der Waals surface area contributed by atoms with Crippen LogP contribution in [-0.4, -0.2) is 19.4 Å². The lowest BCUT2D eigenvalue weighted by molar-refractivity contribution is -0.121. The second-order valence-electron chi connectivity index (χ2n) is 5.80. The first-order valence-corrected chi connectivity index (χ1v) is 8.14. The van der Waals surface area contributed by atoms with E-state index in [-0.39, 0.29) is 5.78 Å². The van der Waals surface area contributed by atoms with E-state index >= 15 is 0 Å². The molecular weight excluding hydrogens is 294 g/mol. The maximum Gasteiger partial charge on any atom is 0.165 e. The van der Waals surface area contributed by atoms with Crippen molar-refractivity contribution in [1.82, 2.24) is 5.32 Å². The summed E-state index contributed by atoms with van der Waals surface area (Å²) in [7, 11) is 1.81. The molecule has 0 aliphatic heterocycles. The van der Waals surface area contributed by atoms with Crippen LogP contribution in [0.4, 0.5) is 0 Å². The van der Waals surface area contributed by atoms with Gasteiger partial charge in [0.15, 0.2) is 5.78 Å². The molecule has 0 aromatic heterocycles. The Labute approximate surface area is 143 Å². The highest BCUT2D eigenvalue weighted by Gasteiger charge is 2.42. The van der Waals surface area contributed by atoms with Gasteiger partial charge in [0.05, 0.1) is 6.54 Å². The van der Waals surface area contributed by atoms with E-state index < -0.39 is 5.41 Å². The number of Topliss-reactive ketones (excluding diaryl/α,β-unsaturated/α-hetero) is 1. The van der Waals surface area contributed by atoms with E-state index in [4.69, 9.17) is 0 Å². The quantitative estimate of drug-likeness (QED) is 0.701. The molecule has 0 atom stereocenters. The van der Waals surface area contributed by atoms with Crippen molar-refractivity contribution in [2.24, 2.45) is 0 Å². The van der Waals surface area contributed by atoms with Crippen molar-refractivity contribution >= 4 is 5.78 Å². The lowest BCUT2D eigenvalue weighted by Gasteiger charge is -2.34. The van der Waals surface area contributed by atoms with Crippen LogP contribution in [0.1, 0.15) is 16.7 Å². The molecule has 3 rings (SSSR count). The van der Waals surface area contributed by atoms with Gasteiger partial charge in [0.25, 0.3) is 0 Å². The molecule has 2 nitrogen and oxygen atoms in total. The largest absolute Gasteiger partial charge is 0.313 e. The van der Waals surface area contributed by atoms with Gasteiger partial charge in [0.2, 0.25) is 0 Å². The van der Waals surface area contributed by atoms with Gasteiger partial charge in [-0.05, 0) is 23.7 Å². The molecule has 24 heavy (non-hydrogen) atoms. The lowest BCUT2D eigenvalue weighted by atomic mass is 9.66. The van der Waals surface area contributed by atoms with E-state index in [0.29, 0.717) is 6.54 Å². The normalized spacial score (nSPS) is 11.2. The second-order valence-corrected chi connectivity index (χ2v) is 5.80. The zero-order valence-corrected chi connectivity index (χ0v) is 13.8. The van der Waals surface area contributed by atoms with Gasteiger partial charge >= 0.3 is 0 Å². The summed E-state index contributed by atoms with van der Waals surface area (Å²) >= 11 is 0. The van der Waals surface area contributed by atoms with Crippen LogP contribution < -0.4 is 5.32 Å². The molecule has 0 amide bonds. The van der Waals surface area contributed by atoms with Crippen LogP contribution in [0, 0.1) is 0 Å². The van der Waals surface area contributed by atoms with Crippen LogP contribution in [0.2, 0.25) is 0 Å². The van der Waals surface area contributed by atoms with Gasteiger partial charge in [-0.25, -0.2) is 0 Å². The van der Waals surface area contributed by atoms with Gasteiger partial charge in [-0.3, -0.25) is 4.79 Å². The Balaban J connectivity index is 2.35. The molecule has 0 unspecified atom stereocenters. The first kappa shape index (κ1) is 16.2. The molecule has 1 N–H and O–H groups in total.